The molecule has 1 aliphatic rings. The van der Waals surface area contributed by atoms with E-state index in [1.807, 2.05) is 13.0 Å². The van der Waals surface area contributed by atoms with Crippen molar-refractivity contribution in [2.24, 2.45) is 0 Å². The standard InChI is InChI=1S/C15H18N2O3S/c1-4-18-14(21)13-11(16)12-10(20-13)5-8-6-15(2,3)19-7-9(8)17-12/h5H,4,6-7,16H2,1-3H3. The zero-order chi connectivity index (χ0) is 15.2. The Morgan fingerprint density at radius 2 is 2.29 bits per heavy atom. The van der Waals surface area contributed by atoms with Crippen molar-refractivity contribution >= 4 is 34.1 Å². The number of nitrogens with two attached hydrogens (primary N) is 1. The van der Waals surface area contributed by atoms with Crippen LogP contribution in [0.25, 0.3) is 11.1 Å². The molecule has 112 valence electrons. The highest BCUT2D eigenvalue weighted by atomic mass is 32.1. The van der Waals surface area contributed by atoms with E-state index < -0.39 is 0 Å². The summed E-state index contributed by atoms with van der Waals surface area (Å²) >= 11 is 5.17. The maximum atomic E-state index is 6.09. The van der Waals surface area contributed by atoms with Crippen molar-refractivity contribution in [2.45, 2.75) is 39.4 Å². The molecule has 0 bridgehead atoms. The zero-order valence-electron chi connectivity index (χ0n) is 12.4. The molecule has 0 amide bonds. The summed E-state index contributed by atoms with van der Waals surface area (Å²) in [5, 5.41) is 0.266. The molecule has 0 unspecified atom stereocenters. The van der Waals surface area contributed by atoms with Gasteiger partial charge >= 0.3 is 0 Å². The van der Waals surface area contributed by atoms with Crippen molar-refractivity contribution in [3.63, 3.8) is 0 Å². The monoisotopic (exact) mass is 306 g/mol. The van der Waals surface area contributed by atoms with E-state index in [9.17, 15) is 0 Å². The summed E-state index contributed by atoms with van der Waals surface area (Å²) in [6.45, 7) is 6.94. The Balaban J connectivity index is 2.09. The van der Waals surface area contributed by atoms with E-state index in [-0.39, 0.29) is 10.7 Å². The largest absolute Gasteiger partial charge is 0.481 e. The van der Waals surface area contributed by atoms with Gasteiger partial charge in [0, 0.05) is 6.42 Å². The maximum absolute atomic E-state index is 6.09. The van der Waals surface area contributed by atoms with Crippen LogP contribution >= 0.6 is 12.2 Å². The number of hydrogen-bond donors (Lipinski definition) is 1. The van der Waals surface area contributed by atoms with Gasteiger partial charge in [0.1, 0.15) is 11.2 Å². The van der Waals surface area contributed by atoms with Gasteiger partial charge in [-0.25, -0.2) is 4.98 Å². The van der Waals surface area contributed by atoms with E-state index in [0.717, 1.165) is 17.7 Å². The fourth-order valence-corrected chi connectivity index (χ4v) is 2.78. The lowest BCUT2D eigenvalue weighted by molar-refractivity contribution is -0.0418. The Kier molecular flexibility index (Phi) is 3.37. The van der Waals surface area contributed by atoms with E-state index in [0.29, 0.717) is 35.8 Å². The number of pyridine rings is 1. The van der Waals surface area contributed by atoms with Gasteiger partial charge in [-0.1, -0.05) is 0 Å². The van der Waals surface area contributed by atoms with Crippen molar-refractivity contribution in [2.75, 3.05) is 12.3 Å². The Morgan fingerprint density at radius 3 is 3.00 bits per heavy atom. The van der Waals surface area contributed by atoms with E-state index in [4.69, 9.17) is 31.8 Å². The number of thiocarbonyl (C=S) groups is 1. The Labute approximate surface area is 128 Å². The molecule has 0 fully saturated rings. The van der Waals surface area contributed by atoms with E-state index in [2.05, 4.69) is 18.8 Å². The molecule has 21 heavy (non-hydrogen) atoms. The number of rotatable bonds is 2. The molecule has 5 nitrogen and oxygen atoms in total. The highest BCUT2D eigenvalue weighted by Gasteiger charge is 2.28. The minimum atomic E-state index is -0.191. The fraction of sp³-hybridized carbons (Fsp3) is 0.467. The molecule has 3 heterocycles. The van der Waals surface area contributed by atoms with Crippen LogP contribution < -0.4 is 5.73 Å². The molecule has 1 aliphatic heterocycles. The first kappa shape index (κ1) is 14.3. The number of hydrogen-bond acceptors (Lipinski definition) is 6. The van der Waals surface area contributed by atoms with E-state index in [1.54, 1.807) is 0 Å². The van der Waals surface area contributed by atoms with Crippen LogP contribution in [0, 0.1) is 0 Å². The lowest BCUT2D eigenvalue weighted by atomic mass is 9.94. The highest BCUT2D eigenvalue weighted by molar-refractivity contribution is 7.80. The lowest BCUT2D eigenvalue weighted by Crippen LogP contribution is -2.32. The van der Waals surface area contributed by atoms with Crippen LogP contribution in [0.4, 0.5) is 5.69 Å². The minimum absolute atomic E-state index is 0.191. The van der Waals surface area contributed by atoms with Crippen LogP contribution in [-0.2, 0) is 22.5 Å². The first-order chi connectivity index (χ1) is 9.91. The van der Waals surface area contributed by atoms with E-state index in [1.165, 1.54) is 0 Å². The molecule has 0 spiro atoms. The first-order valence-corrected chi connectivity index (χ1v) is 7.34. The molecule has 3 rings (SSSR count). The van der Waals surface area contributed by atoms with Crippen LogP contribution in [0.5, 0.6) is 0 Å². The molecular formula is C15H18N2O3S. The highest BCUT2D eigenvalue weighted by Crippen LogP contribution is 2.33. The molecule has 0 aliphatic carbocycles. The second kappa shape index (κ2) is 4.96. The SMILES string of the molecule is CCOC(=S)c1oc2cc3c(nc2c1N)COC(C)(C)C3. The number of fused-ring (bicyclic) bond motifs is 2. The Bertz CT molecular complexity index is 721. The molecule has 2 N–H and O–H groups in total. The predicted octanol–water partition coefficient (Wildman–Crippen LogP) is 2.97. The van der Waals surface area contributed by atoms with Gasteiger partial charge < -0.3 is 19.6 Å². The summed E-state index contributed by atoms with van der Waals surface area (Å²) in [6.07, 6.45) is 0.789. The number of ether oxygens (including phenoxy) is 2. The molecule has 2 aromatic heterocycles. The molecule has 0 saturated carbocycles. The van der Waals surface area contributed by atoms with Gasteiger partial charge in [-0.15, -0.1) is 0 Å². The van der Waals surface area contributed by atoms with Crippen molar-refractivity contribution in [1.29, 1.82) is 0 Å². The summed E-state index contributed by atoms with van der Waals surface area (Å²) in [5.74, 6) is 0.386. The van der Waals surface area contributed by atoms with Crippen LogP contribution in [0.3, 0.4) is 0 Å². The summed E-state index contributed by atoms with van der Waals surface area (Å²) in [4.78, 5) is 4.59. The van der Waals surface area contributed by atoms with Crippen LogP contribution in [0.1, 0.15) is 37.8 Å². The summed E-state index contributed by atoms with van der Waals surface area (Å²) < 4.78 is 16.8. The second-order valence-electron chi connectivity index (χ2n) is 5.73. The molecule has 0 radical (unpaired) electrons. The van der Waals surface area contributed by atoms with Gasteiger partial charge in [0.2, 0.25) is 10.8 Å². The van der Waals surface area contributed by atoms with Gasteiger partial charge in [-0.2, -0.15) is 0 Å². The molecule has 0 atom stereocenters. The summed E-state index contributed by atoms with van der Waals surface area (Å²) in [7, 11) is 0. The Hall–Kier alpha value is -1.66. The van der Waals surface area contributed by atoms with Crippen LogP contribution in [0.2, 0.25) is 0 Å². The van der Waals surface area contributed by atoms with Crippen LogP contribution in [0.15, 0.2) is 10.5 Å². The third-order valence-electron chi connectivity index (χ3n) is 3.54. The normalized spacial score (nSPS) is 16.7. The smallest absolute Gasteiger partial charge is 0.230 e. The predicted molar refractivity (Wildman–Crippen MR) is 84.3 cm³/mol. The van der Waals surface area contributed by atoms with E-state index >= 15 is 0 Å². The average molecular weight is 306 g/mol. The van der Waals surface area contributed by atoms with Gasteiger partial charge in [0.25, 0.3) is 0 Å². The zero-order valence-corrected chi connectivity index (χ0v) is 13.2. The number of furan rings is 1. The first-order valence-electron chi connectivity index (χ1n) is 6.93. The molecule has 2 aromatic rings. The number of anilines is 1. The maximum Gasteiger partial charge on any atom is 0.230 e. The third-order valence-corrected chi connectivity index (χ3v) is 3.85. The van der Waals surface area contributed by atoms with Gasteiger partial charge in [0.15, 0.2) is 5.58 Å². The Morgan fingerprint density at radius 1 is 1.52 bits per heavy atom. The number of aromatic nitrogens is 1. The van der Waals surface area contributed by atoms with Gasteiger partial charge in [0.05, 0.1) is 24.5 Å². The fourth-order valence-electron chi connectivity index (χ4n) is 2.51. The molecular weight excluding hydrogens is 288 g/mol. The van der Waals surface area contributed by atoms with Crippen LogP contribution in [-0.4, -0.2) is 22.2 Å². The van der Waals surface area contributed by atoms with Crippen molar-refractivity contribution in [3.8, 4) is 0 Å². The summed E-state index contributed by atoms with van der Waals surface area (Å²) in [5.41, 5.74) is 9.62. The topological polar surface area (TPSA) is 70.5 Å². The quantitative estimate of drug-likeness (QED) is 0.860. The number of nitrogens with zero attached hydrogens (tertiary/aromatic N) is 1. The number of nitrogen functional groups attached to an aromatic ring is 1. The van der Waals surface area contributed by atoms with Gasteiger partial charge in [-0.05, 0) is 44.6 Å². The third kappa shape index (κ3) is 2.49. The van der Waals surface area contributed by atoms with Crippen molar-refractivity contribution < 1.29 is 13.9 Å². The van der Waals surface area contributed by atoms with Crippen molar-refractivity contribution in [1.82, 2.24) is 4.98 Å². The molecule has 0 aromatic carbocycles. The minimum Gasteiger partial charge on any atom is -0.481 e. The second-order valence-corrected chi connectivity index (χ2v) is 6.10. The summed E-state index contributed by atoms with van der Waals surface area (Å²) in [6, 6.07) is 1.98. The van der Waals surface area contributed by atoms with Gasteiger partial charge in [-0.3, -0.25) is 0 Å². The lowest BCUT2D eigenvalue weighted by Gasteiger charge is -2.30. The van der Waals surface area contributed by atoms with Crippen molar-refractivity contribution in [3.05, 3.63) is 23.1 Å². The molecule has 6 heteroatoms. The average Bonchev–Trinajstić information content (AvgIpc) is 2.73. The molecule has 0 saturated heterocycles.